The fourth-order valence-corrected chi connectivity index (χ4v) is 6.16. The lowest BCUT2D eigenvalue weighted by molar-refractivity contribution is -0.133. The first-order valence-corrected chi connectivity index (χ1v) is 14.0. The van der Waals surface area contributed by atoms with Crippen molar-refractivity contribution in [3.8, 4) is 0 Å². The molecule has 0 unspecified atom stereocenters. The number of anilines is 1. The lowest BCUT2D eigenvalue weighted by Crippen LogP contribution is -2.51. The van der Waals surface area contributed by atoms with Crippen LogP contribution in [0.25, 0.3) is 0 Å². The zero-order valence-corrected chi connectivity index (χ0v) is 23.0. The Morgan fingerprint density at radius 1 is 1.00 bits per heavy atom. The van der Waals surface area contributed by atoms with E-state index >= 15 is 0 Å². The molecule has 0 radical (unpaired) electrons. The van der Waals surface area contributed by atoms with Crippen LogP contribution in [-0.2, 0) is 9.59 Å². The Kier molecular flexibility index (Phi) is 8.16. The molecule has 2 aromatic rings. The Balaban J connectivity index is 1.25. The van der Waals surface area contributed by atoms with Crippen LogP contribution in [0.4, 0.5) is 5.82 Å². The number of hydrogen-bond donors (Lipinski definition) is 1. The van der Waals surface area contributed by atoms with Crippen molar-refractivity contribution in [3.63, 3.8) is 0 Å². The predicted molar refractivity (Wildman–Crippen MR) is 146 cm³/mol. The topological polar surface area (TPSA) is 93.1 Å². The number of carbonyl (C=O) groups excluding carboxylic acids is 2. The van der Waals surface area contributed by atoms with Gasteiger partial charge in [0.1, 0.15) is 12.1 Å². The third kappa shape index (κ3) is 5.65. The standard InChI is InChI=1S/C28H37ClN6O3/c1-19-17-24(37)26-25(19)27(31-18-30-26)34-13-15-35(16-14-34)28(38)23(21-3-5-22(29)6-4-21)7-8-32-9-11-33(12-10-32)20(2)36/h3-6,18-19,23-24,37H,7-17H2,1-2H3/t19-,23-,24-/m1/s1. The van der Waals surface area contributed by atoms with Gasteiger partial charge in [0.2, 0.25) is 11.8 Å². The van der Waals surface area contributed by atoms with Gasteiger partial charge in [-0.05, 0) is 43.0 Å². The first-order chi connectivity index (χ1) is 18.3. The number of fused-ring (bicyclic) bond motifs is 1. The normalized spacial score (nSPS) is 22.9. The van der Waals surface area contributed by atoms with Gasteiger partial charge in [-0.15, -0.1) is 0 Å². The SMILES string of the molecule is CC(=O)N1CCN(CC[C@@H](C(=O)N2CCN(c3ncnc4c3[C@H](C)C[C@H]4O)CC2)c2ccc(Cl)cc2)CC1. The van der Waals surface area contributed by atoms with Crippen LogP contribution in [0.3, 0.4) is 0 Å². The number of amides is 2. The minimum Gasteiger partial charge on any atom is -0.387 e. The maximum atomic E-state index is 13.9. The Labute approximate surface area is 229 Å². The van der Waals surface area contributed by atoms with Crippen molar-refractivity contribution < 1.29 is 14.7 Å². The molecule has 3 aliphatic rings. The molecule has 1 aliphatic carbocycles. The van der Waals surface area contributed by atoms with E-state index in [1.54, 1.807) is 13.3 Å². The van der Waals surface area contributed by atoms with Gasteiger partial charge in [0.25, 0.3) is 0 Å². The zero-order chi connectivity index (χ0) is 26.8. The summed E-state index contributed by atoms with van der Waals surface area (Å²) in [6.45, 7) is 10.3. The molecule has 204 valence electrons. The van der Waals surface area contributed by atoms with E-state index in [2.05, 4.69) is 26.7 Å². The van der Waals surface area contributed by atoms with Gasteiger partial charge in [0.15, 0.2) is 0 Å². The number of nitrogens with zero attached hydrogens (tertiary/aromatic N) is 6. The van der Waals surface area contributed by atoms with Crippen molar-refractivity contribution in [2.24, 2.45) is 0 Å². The van der Waals surface area contributed by atoms with Crippen molar-refractivity contribution in [3.05, 3.63) is 52.4 Å². The number of rotatable bonds is 6. The van der Waals surface area contributed by atoms with Gasteiger partial charge in [-0.1, -0.05) is 30.7 Å². The average molecular weight is 541 g/mol. The van der Waals surface area contributed by atoms with Crippen molar-refractivity contribution in [1.82, 2.24) is 24.7 Å². The number of benzene rings is 1. The average Bonchev–Trinajstić information content (AvgIpc) is 3.23. The van der Waals surface area contributed by atoms with E-state index in [4.69, 9.17) is 11.6 Å². The summed E-state index contributed by atoms with van der Waals surface area (Å²) in [6.07, 6.45) is 2.40. The summed E-state index contributed by atoms with van der Waals surface area (Å²) in [6, 6.07) is 7.63. The van der Waals surface area contributed by atoms with Crippen molar-refractivity contribution >= 4 is 29.2 Å². The number of carbonyl (C=O) groups is 2. The fourth-order valence-electron chi connectivity index (χ4n) is 6.04. The van der Waals surface area contributed by atoms with Crippen LogP contribution in [0, 0.1) is 0 Å². The Bertz CT molecular complexity index is 1150. The molecule has 2 amide bonds. The second kappa shape index (κ2) is 11.6. The molecular weight excluding hydrogens is 504 g/mol. The first kappa shape index (κ1) is 26.8. The van der Waals surface area contributed by atoms with Crippen LogP contribution in [0.2, 0.25) is 5.02 Å². The molecule has 2 saturated heterocycles. The van der Waals surface area contributed by atoms with Gasteiger partial charge in [0.05, 0.1) is 17.7 Å². The highest BCUT2D eigenvalue weighted by Crippen LogP contribution is 2.42. The van der Waals surface area contributed by atoms with Crippen LogP contribution in [0.1, 0.15) is 61.4 Å². The van der Waals surface area contributed by atoms with Gasteiger partial charge in [-0.25, -0.2) is 9.97 Å². The molecule has 10 heteroatoms. The third-order valence-corrected chi connectivity index (χ3v) is 8.54. The minimum atomic E-state index is -0.532. The molecule has 3 heterocycles. The van der Waals surface area contributed by atoms with E-state index in [0.717, 1.165) is 61.8 Å². The quantitative estimate of drug-likeness (QED) is 0.602. The maximum absolute atomic E-state index is 13.9. The molecule has 0 spiro atoms. The fraction of sp³-hybridized carbons (Fsp3) is 0.571. The number of aliphatic hydroxyl groups excluding tert-OH is 1. The third-order valence-electron chi connectivity index (χ3n) is 8.29. The number of hydrogen-bond acceptors (Lipinski definition) is 7. The number of aromatic nitrogens is 2. The number of piperazine rings is 2. The van der Waals surface area contributed by atoms with Crippen LogP contribution in [0.15, 0.2) is 30.6 Å². The minimum absolute atomic E-state index is 0.121. The molecule has 2 aliphatic heterocycles. The number of aliphatic hydroxyl groups is 1. The molecule has 3 atom stereocenters. The zero-order valence-electron chi connectivity index (χ0n) is 22.2. The van der Waals surface area contributed by atoms with Gasteiger partial charge in [-0.2, -0.15) is 0 Å². The van der Waals surface area contributed by atoms with E-state index in [-0.39, 0.29) is 23.7 Å². The lowest BCUT2D eigenvalue weighted by atomic mass is 9.93. The Hall–Kier alpha value is -2.75. The molecule has 0 saturated carbocycles. The van der Waals surface area contributed by atoms with Crippen molar-refractivity contribution in [2.45, 2.75) is 44.6 Å². The molecule has 2 fully saturated rings. The summed E-state index contributed by atoms with van der Waals surface area (Å²) in [5.74, 6) is 1.12. The molecular formula is C28H37ClN6O3. The highest BCUT2D eigenvalue weighted by molar-refractivity contribution is 6.30. The van der Waals surface area contributed by atoms with E-state index in [1.165, 1.54) is 0 Å². The lowest BCUT2D eigenvalue weighted by Gasteiger charge is -2.38. The van der Waals surface area contributed by atoms with Crippen LogP contribution in [0.5, 0.6) is 0 Å². The molecule has 0 bridgehead atoms. The summed E-state index contributed by atoms with van der Waals surface area (Å²) in [4.78, 5) is 42.9. The highest BCUT2D eigenvalue weighted by atomic mass is 35.5. The molecule has 38 heavy (non-hydrogen) atoms. The smallest absolute Gasteiger partial charge is 0.230 e. The van der Waals surface area contributed by atoms with E-state index in [1.807, 2.05) is 34.1 Å². The second-order valence-corrected chi connectivity index (χ2v) is 11.1. The Morgan fingerprint density at radius 3 is 2.32 bits per heavy atom. The monoisotopic (exact) mass is 540 g/mol. The molecule has 1 aromatic heterocycles. The van der Waals surface area contributed by atoms with Crippen LogP contribution in [-0.4, -0.2) is 100 Å². The molecule has 1 aromatic carbocycles. The summed E-state index contributed by atoms with van der Waals surface area (Å²) in [7, 11) is 0. The summed E-state index contributed by atoms with van der Waals surface area (Å²) in [5.41, 5.74) is 2.78. The summed E-state index contributed by atoms with van der Waals surface area (Å²) >= 11 is 6.15. The summed E-state index contributed by atoms with van der Waals surface area (Å²) in [5, 5.41) is 11.0. The van der Waals surface area contributed by atoms with Gasteiger partial charge < -0.3 is 19.8 Å². The van der Waals surface area contributed by atoms with Gasteiger partial charge in [0, 0.05) is 69.9 Å². The van der Waals surface area contributed by atoms with E-state index < -0.39 is 6.10 Å². The van der Waals surface area contributed by atoms with Crippen molar-refractivity contribution in [1.29, 1.82) is 0 Å². The number of halogens is 1. The summed E-state index contributed by atoms with van der Waals surface area (Å²) < 4.78 is 0. The maximum Gasteiger partial charge on any atom is 0.230 e. The largest absolute Gasteiger partial charge is 0.387 e. The van der Waals surface area contributed by atoms with Crippen LogP contribution >= 0.6 is 11.6 Å². The van der Waals surface area contributed by atoms with Gasteiger partial charge >= 0.3 is 0 Å². The highest BCUT2D eigenvalue weighted by Gasteiger charge is 2.35. The van der Waals surface area contributed by atoms with Gasteiger partial charge in [-0.3, -0.25) is 14.5 Å². The van der Waals surface area contributed by atoms with E-state index in [9.17, 15) is 14.7 Å². The second-order valence-electron chi connectivity index (χ2n) is 10.7. The molecule has 5 rings (SSSR count). The van der Waals surface area contributed by atoms with Crippen LogP contribution < -0.4 is 4.90 Å². The predicted octanol–water partition coefficient (Wildman–Crippen LogP) is 2.66. The first-order valence-electron chi connectivity index (χ1n) is 13.6. The van der Waals surface area contributed by atoms with E-state index in [0.29, 0.717) is 37.6 Å². The molecule has 9 nitrogen and oxygen atoms in total. The molecule has 1 N–H and O–H groups in total. The van der Waals surface area contributed by atoms with Crippen molar-refractivity contribution in [2.75, 3.05) is 63.8 Å². The Morgan fingerprint density at radius 2 is 1.66 bits per heavy atom.